The fraction of sp³-hybridized carbons (Fsp3) is 0.467. The van der Waals surface area contributed by atoms with Gasteiger partial charge in [0.25, 0.3) is 0 Å². The van der Waals surface area contributed by atoms with Gasteiger partial charge in [-0.2, -0.15) is 4.37 Å². The number of hydrogen-bond donors (Lipinski definition) is 2. The van der Waals surface area contributed by atoms with Crippen LogP contribution in [0.1, 0.15) is 24.8 Å². The van der Waals surface area contributed by atoms with Gasteiger partial charge in [-0.05, 0) is 24.4 Å². The van der Waals surface area contributed by atoms with Crippen molar-refractivity contribution in [1.82, 2.24) is 14.1 Å². The first kappa shape index (κ1) is 15.9. The van der Waals surface area contributed by atoms with E-state index in [0.717, 1.165) is 24.7 Å². The number of benzene rings is 1. The molecule has 0 saturated carbocycles. The Labute approximate surface area is 129 Å². The molecule has 0 spiro atoms. The molecule has 0 saturated heterocycles. The molecular weight excluding hydrogens is 286 g/mol. The molecule has 1 heterocycles. The minimum Gasteiger partial charge on any atom is -0.473 e. The van der Waals surface area contributed by atoms with Crippen LogP contribution in [0.4, 0.5) is 0 Å². The summed E-state index contributed by atoms with van der Waals surface area (Å²) >= 11 is 1.09. The Morgan fingerprint density at radius 1 is 1.33 bits per heavy atom. The standard InChI is InChI=1S/C15H21N3O2S/c1-12(13-5-3-2-4-6-13)7-8-16-9-14(19)11-20-15-10-17-21-18-15/h2-6,10,12,14,16,19H,7-9,11H2,1H3. The Kier molecular flexibility index (Phi) is 6.59. The molecule has 2 rings (SSSR count). The molecule has 21 heavy (non-hydrogen) atoms. The van der Waals surface area contributed by atoms with Gasteiger partial charge in [0.05, 0.1) is 11.7 Å². The zero-order valence-electron chi connectivity index (χ0n) is 12.1. The summed E-state index contributed by atoms with van der Waals surface area (Å²) < 4.78 is 13.1. The Morgan fingerprint density at radius 2 is 2.14 bits per heavy atom. The molecule has 0 aliphatic carbocycles. The number of aliphatic hydroxyl groups excluding tert-OH is 1. The van der Waals surface area contributed by atoms with Gasteiger partial charge in [-0.25, -0.2) is 0 Å². The Hall–Kier alpha value is -1.50. The number of aromatic nitrogens is 2. The molecule has 0 aliphatic rings. The van der Waals surface area contributed by atoms with Gasteiger partial charge in [-0.15, -0.1) is 4.37 Å². The summed E-state index contributed by atoms with van der Waals surface area (Å²) in [4.78, 5) is 0. The molecule has 5 nitrogen and oxygen atoms in total. The van der Waals surface area contributed by atoms with E-state index < -0.39 is 6.10 Å². The van der Waals surface area contributed by atoms with Crippen molar-refractivity contribution >= 4 is 11.7 Å². The van der Waals surface area contributed by atoms with E-state index >= 15 is 0 Å². The maximum absolute atomic E-state index is 9.80. The maximum Gasteiger partial charge on any atom is 0.245 e. The molecule has 0 amide bonds. The van der Waals surface area contributed by atoms with Crippen molar-refractivity contribution in [2.45, 2.75) is 25.4 Å². The number of aliphatic hydroxyl groups is 1. The van der Waals surface area contributed by atoms with Crippen LogP contribution in [0.3, 0.4) is 0 Å². The van der Waals surface area contributed by atoms with Gasteiger partial charge in [0.15, 0.2) is 0 Å². The molecule has 0 bridgehead atoms. The molecule has 2 atom stereocenters. The van der Waals surface area contributed by atoms with Crippen LogP contribution in [0.15, 0.2) is 36.5 Å². The van der Waals surface area contributed by atoms with Gasteiger partial charge < -0.3 is 15.2 Å². The van der Waals surface area contributed by atoms with Crippen molar-refractivity contribution in [3.8, 4) is 5.88 Å². The molecule has 0 fully saturated rings. The largest absolute Gasteiger partial charge is 0.473 e. The van der Waals surface area contributed by atoms with E-state index in [2.05, 4.69) is 45.3 Å². The van der Waals surface area contributed by atoms with Gasteiger partial charge >= 0.3 is 0 Å². The lowest BCUT2D eigenvalue weighted by Gasteiger charge is -2.14. The highest BCUT2D eigenvalue weighted by molar-refractivity contribution is 6.99. The molecule has 0 radical (unpaired) electrons. The van der Waals surface area contributed by atoms with Crippen molar-refractivity contribution < 1.29 is 9.84 Å². The summed E-state index contributed by atoms with van der Waals surface area (Å²) in [7, 11) is 0. The van der Waals surface area contributed by atoms with E-state index in [1.165, 1.54) is 5.56 Å². The first-order valence-electron chi connectivity index (χ1n) is 7.10. The van der Waals surface area contributed by atoms with Crippen LogP contribution in [-0.4, -0.2) is 39.7 Å². The molecule has 1 aromatic carbocycles. The minimum absolute atomic E-state index is 0.229. The topological polar surface area (TPSA) is 67.3 Å². The minimum atomic E-state index is -0.543. The average Bonchev–Trinajstić information content (AvgIpc) is 3.03. The molecule has 114 valence electrons. The first-order chi connectivity index (χ1) is 10.3. The number of nitrogens with zero attached hydrogens (tertiary/aromatic N) is 2. The second-order valence-electron chi connectivity index (χ2n) is 5.02. The summed E-state index contributed by atoms with van der Waals surface area (Å²) in [6.45, 7) is 3.82. The third-order valence-corrected chi connectivity index (χ3v) is 3.73. The lowest BCUT2D eigenvalue weighted by atomic mass is 9.98. The predicted octanol–water partition coefficient (Wildman–Crippen LogP) is 2.06. The highest BCUT2D eigenvalue weighted by atomic mass is 32.1. The highest BCUT2D eigenvalue weighted by Crippen LogP contribution is 2.17. The molecular formula is C15H21N3O2S. The van der Waals surface area contributed by atoms with Crippen molar-refractivity contribution in [1.29, 1.82) is 0 Å². The number of nitrogens with one attached hydrogen (secondary N) is 1. The SMILES string of the molecule is CC(CCNCC(O)COc1cnsn1)c1ccccc1. The van der Waals surface area contributed by atoms with Crippen LogP contribution >= 0.6 is 11.7 Å². The van der Waals surface area contributed by atoms with Gasteiger partial charge in [0.2, 0.25) is 5.88 Å². The lowest BCUT2D eigenvalue weighted by Crippen LogP contribution is -2.32. The van der Waals surface area contributed by atoms with Crippen LogP contribution in [0, 0.1) is 0 Å². The van der Waals surface area contributed by atoms with Gasteiger partial charge in [-0.1, -0.05) is 37.3 Å². The number of ether oxygens (including phenoxy) is 1. The Morgan fingerprint density at radius 3 is 2.86 bits per heavy atom. The number of rotatable bonds is 9. The van der Waals surface area contributed by atoms with Crippen molar-refractivity contribution in [3.05, 3.63) is 42.1 Å². The molecule has 2 aromatic rings. The summed E-state index contributed by atoms with van der Waals surface area (Å²) in [6, 6.07) is 10.5. The predicted molar refractivity (Wildman–Crippen MR) is 83.8 cm³/mol. The first-order valence-corrected chi connectivity index (χ1v) is 7.83. The van der Waals surface area contributed by atoms with Crippen LogP contribution in [-0.2, 0) is 0 Å². The second kappa shape index (κ2) is 8.71. The second-order valence-corrected chi connectivity index (χ2v) is 5.57. The van der Waals surface area contributed by atoms with E-state index in [4.69, 9.17) is 4.74 Å². The van der Waals surface area contributed by atoms with Crippen molar-refractivity contribution in [2.75, 3.05) is 19.7 Å². The van der Waals surface area contributed by atoms with Crippen LogP contribution in [0.2, 0.25) is 0 Å². The van der Waals surface area contributed by atoms with Crippen LogP contribution < -0.4 is 10.1 Å². The van der Waals surface area contributed by atoms with Gasteiger partial charge in [-0.3, -0.25) is 0 Å². The van der Waals surface area contributed by atoms with E-state index in [-0.39, 0.29) is 6.61 Å². The average molecular weight is 307 g/mol. The molecule has 2 N–H and O–H groups in total. The van der Waals surface area contributed by atoms with Gasteiger partial charge in [0.1, 0.15) is 18.9 Å². The van der Waals surface area contributed by atoms with Crippen LogP contribution in [0.5, 0.6) is 5.88 Å². The van der Waals surface area contributed by atoms with Gasteiger partial charge in [0, 0.05) is 6.54 Å². The summed E-state index contributed by atoms with van der Waals surface area (Å²) in [5.41, 5.74) is 1.35. The number of hydrogen-bond acceptors (Lipinski definition) is 6. The van der Waals surface area contributed by atoms with Crippen molar-refractivity contribution in [3.63, 3.8) is 0 Å². The maximum atomic E-state index is 9.80. The summed E-state index contributed by atoms with van der Waals surface area (Å²) in [6.07, 6.45) is 2.04. The zero-order chi connectivity index (χ0) is 14.9. The molecule has 2 unspecified atom stereocenters. The molecule has 0 aliphatic heterocycles. The quantitative estimate of drug-likeness (QED) is 0.694. The third kappa shape index (κ3) is 5.79. The summed E-state index contributed by atoms with van der Waals surface area (Å²) in [5.74, 6) is 0.977. The Balaban J connectivity index is 1.56. The van der Waals surface area contributed by atoms with Crippen LogP contribution in [0.25, 0.3) is 0 Å². The molecule has 1 aromatic heterocycles. The monoisotopic (exact) mass is 307 g/mol. The molecule has 6 heteroatoms. The van der Waals surface area contributed by atoms with E-state index in [1.54, 1.807) is 6.20 Å². The van der Waals surface area contributed by atoms with E-state index in [0.29, 0.717) is 18.3 Å². The Bertz CT molecular complexity index is 493. The van der Waals surface area contributed by atoms with E-state index in [1.807, 2.05) is 6.07 Å². The zero-order valence-corrected chi connectivity index (χ0v) is 12.9. The van der Waals surface area contributed by atoms with E-state index in [9.17, 15) is 5.11 Å². The van der Waals surface area contributed by atoms with Crippen molar-refractivity contribution in [2.24, 2.45) is 0 Å². The third-order valence-electron chi connectivity index (χ3n) is 3.27. The fourth-order valence-electron chi connectivity index (χ4n) is 2.00. The highest BCUT2D eigenvalue weighted by Gasteiger charge is 2.08. The smallest absolute Gasteiger partial charge is 0.245 e. The normalized spacial score (nSPS) is 13.8. The summed E-state index contributed by atoms with van der Waals surface area (Å²) in [5, 5.41) is 13.1. The fourth-order valence-corrected chi connectivity index (χ4v) is 2.36. The lowest BCUT2D eigenvalue weighted by molar-refractivity contribution is 0.104.